The van der Waals surface area contributed by atoms with Crippen molar-refractivity contribution in [3.8, 4) is 29.1 Å². The summed E-state index contributed by atoms with van der Waals surface area (Å²) in [5, 5.41) is 28.5. The Hall–Kier alpha value is -4.96. The minimum Gasteiger partial charge on any atom is -0.493 e. The number of esters is 1. The molecule has 0 aromatic heterocycles. The van der Waals surface area contributed by atoms with Crippen LogP contribution in [-0.4, -0.2) is 63.6 Å². The van der Waals surface area contributed by atoms with Crippen LogP contribution in [0, 0.1) is 11.3 Å². The zero-order valence-electron chi connectivity index (χ0n) is 22.5. The molecule has 2 atom stereocenters. The predicted octanol–water partition coefficient (Wildman–Crippen LogP) is 2.12. The summed E-state index contributed by atoms with van der Waals surface area (Å²) in [5.41, 5.74) is 4.30. The van der Waals surface area contributed by atoms with Crippen LogP contribution in [0.1, 0.15) is 31.0 Å². The third-order valence-electron chi connectivity index (χ3n) is 5.61. The molecular formula is C27H31N5O8. The second-order valence-electron chi connectivity index (χ2n) is 8.24. The maximum Gasteiger partial charge on any atom is 0.337 e. The van der Waals surface area contributed by atoms with Gasteiger partial charge in [-0.05, 0) is 43.7 Å². The third kappa shape index (κ3) is 7.33. The van der Waals surface area contributed by atoms with Crippen LogP contribution in [0.5, 0.6) is 23.0 Å². The molecule has 0 unspecified atom stereocenters. The predicted molar refractivity (Wildman–Crippen MR) is 143 cm³/mol. The Morgan fingerprint density at radius 3 is 2.70 bits per heavy atom. The van der Waals surface area contributed by atoms with E-state index in [9.17, 15) is 14.7 Å². The van der Waals surface area contributed by atoms with Gasteiger partial charge in [0.1, 0.15) is 12.7 Å². The number of urea groups is 1. The molecule has 0 radical (unpaired) electrons. The first-order valence-electron chi connectivity index (χ1n) is 12.2. The Labute approximate surface area is 231 Å². The summed E-state index contributed by atoms with van der Waals surface area (Å²) in [4.78, 5) is 24.5. The van der Waals surface area contributed by atoms with Crippen LogP contribution in [-0.2, 0) is 9.53 Å². The maximum atomic E-state index is 12.4. The SMILES string of the molecule is CCOc1cc([C@@H]2NC(=O)NC(C)=C2C(=O)OC)ccc1OC[C@H](O)N/N=C/c1cccc(OC)c1OCC#N. The Morgan fingerprint density at radius 2 is 2.00 bits per heavy atom. The smallest absolute Gasteiger partial charge is 0.337 e. The summed E-state index contributed by atoms with van der Waals surface area (Å²) in [6, 6.07) is 10.8. The standard InChI is InChI=1S/C27H31N5O8/c1-5-38-21-13-17(24-23(26(34)37-4)16(2)30-27(35)31-24)9-10-19(21)40-15-22(33)32-29-14-18-7-6-8-20(36-3)25(18)39-12-11-28/h6-10,13-14,22,24,32-33H,5,12,15H2,1-4H3,(H2,30,31,35)/b29-14+/t22-,24-/m0/s1. The maximum absolute atomic E-state index is 12.4. The van der Waals surface area contributed by atoms with Crippen LogP contribution < -0.4 is 35.0 Å². The number of carbonyl (C=O) groups is 2. The minimum atomic E-state index is -1.19. The van der Waals surface area contributed by atoms with Crippen LogP contribution in [0.25, 0.3) is 0 Å². The first kappa shape index (κ1) is 29.6. The summed E-state index contributed by atoms with van der Waals surface area (Å²) in [6.07, 6.45) is 0.223. The summed E-state index contributed by atoms with van der Waals surface area (Å²) in [6.45, 7) is 3.37. The minimum absolute atomic E-state index is 0.171. The highest BCUT2D eigenvalue weighted by Gasteiger charge is 2.32. The lowest BCUT2D eigenvalue weighted by Crippen LogP contribution is -2.45. The van der Waals surface area contributed by atoms with Gasteiger partial charge in [-0.25, -0.2) is 9.59 Å². The Bertz CT molecular complexity index is 1320. The van der Waals surface area contributed by atoms with E-state index in [0.717, 1.165) is 0 Å². The zero-order valence-corrected chi connectivity index (χ0v) is 22.5. The fraction of sp³-hybridized carbons (Fsp3) is 0.333. The van der Waals surface area contributed by atoms with E-state index in [2.05, 4.69) is 21.2 Å². The molecule has 2 aromatic rings. The fourth-order valence-corrected chi connectivity index (χ4v) is 3.87. The molecule has 0 bridgehead atoms. The highest BCUT2D eigenvalue weighted by molar-refractivity contribution is 5.95. The monoisotopic (exact) mass is 553 g/mol. The number of hydrogen-bond acceptors (Lipinski definition) is 11. The van der Waals surface area contributed by atoms with Crippen LogP contribution in [0.2, 0.25) is 0 Å². The van der Waals surface area contributed by atoms with E-state index in [-0.39, 0.29) is 18.8 Å². The first-order valence-corrected chi connectivity index (χ1v) is 12.2. The molecule has 3 rings (SSSR count). The van der Waals surface area contributed by atoms with Crippen molar-refractivity contribution >= 4 is 18.2 Å². The fourth-order valence-electron chi connectivity index (χ4n) is 3.87. The van der Waals surface area contributed by atoms with E-state index in [1.807, 2.05) is 6.07 Å². The third-order valence-corrected chi connectivity index (χ3v) is 5.61. The quantitative estimate of drug-likeness (QED) is 0.125. The van der Waals surface area contributed by atoms with Crippen molar-refractivity contribution in [2.45, 2.75) is 26.1 Å². The lowest BCUT2D eigenvalue weighted by atomic mass is 9.95. The second-order valence-corrected chi connectivity index (χ2v) is 8.24. The number of allylic oxidation sites excluding steroid dienone is 1. The Kier molecular flexibility index (Phi) is 10.6. The largest absolute Gasteiger partial charge is 0.493 e. The van der Waals surface area contributed by atoms with Gasteiger partial charge >= 0.3 is 12.0 Å². The van der Waals surface area contributed by atoms with Gasteiger partial charge in [0.15, 0.2) is 35.8 Å². The molecule has 4 N–H and O–H groups in total. The average molecular weight is 554 g/mol. The number of hydrogen-bond donors (Lipinski definition) is 4. The number of nitrogens with zero attached hydrogens (tertiary/aromatic N) is 2. The number of benzene rings is 2. The Balaban J connectivity index is 1.71. The zero-order chi connectivity index (χ0) is 29.1. The second kappa shape index (κ2) is 14.3. The first-order chi connectivity index (χ1) is 19.3. The molecule has 0 saturated heterocycles. The summed E-state index contributed by atoms with van der Waals surface area (Å²) >= 11 is 0. The molecule has 40 heavy (non-hydrogen) atoms. The number of aliphatic hydroxyl groups is 1. The number of ether oxygens (including phenoxy) is 5. The van der Waals surface area contributed by atoms with Crippen molar-refractivity contribution in [3.05, 3.63) is 58.8 Å². The number of nitrogens with one attached hydrogen (secondary N) is 3. The highest BCUT2D eigenvalue weighted by Crippen LogP contribution is 2.35. The molecule has 1 aliphatic rings. The van der Waals surface area contributed by atoms with Crippen molar-refractivity contribution in [1.29, 1.82) is 5.26 Å². The molecule has 212 valence electrons. The van der Waals surface area contributed by atoms with Gasteiger partial charge in [0.2, 0.25) is 0 Å². The molecule has 0 spiro atoms. The van der Waals surface area contributed by atoms with Crippen LogP contribution in [0.4, 0.5) is 4.79 Å². The van der Waals surface area contributed by atoms with Gasteiger partial charge in [-0.3, -0.25) is 5.43 Å². The topological polar surface area (TPSA) is 173 Å². The van der Waals surface area contributed by atoms with Gasteiger partial charge in [0.25, 0.3) is 0 Å². The number of methoxy groups -OCH3 is 2. The summed E-state index contributed by atoms with van der Waals surface area (Å²) in [5.74, 6) is 0.871. The van der Waals surface area contributed by atoms with Gasteiger partial charge < -0.3 is 39.4 Å². The number of para-hydroxylation sites is 1. The molecule has 13 nitrogen and oxygen atoms in total. The van der Waals surface area contributed by atoms with E-state index >= 15 is 0 Å². The molecule has 1 heterocycles. The molecule has 13 heteroatoms. The summed E-state index contributed by atoms with van der Waals surface area (Å²) in [7, 11) is 2.75. The average Bonchev–Trinajstić information content (AvgIpc) is 2.95. The summed E-state index contributed by atoms with van der Waals surface area (Å²) < 4.78 is 27.1. The molecule has 2 amide bonds. The number of aliphatic hydroxyl groups excluding tert-OH is 1. The molecule has 2 aromatic carbocycles. The number of amides is 2. The lowest BCUT2D eigenvalue weighted by Gasteiger charge is -2.28. The van der Waals surface area contributed by atoms with Crippen LogP contribution in [0.3, 0.4) is 0 Å². The Morgan fingerprint density at radius 1 is 1.20 bits per heavy atom. The molecule has 1 aliphatic heterocycles. The van der Waals surface area contributed by atoms with Crippen molar-refractivity contribution in [2.24, 2.45) is 5.10 Å². The van der Waals surface area contributed by atoms with E-state index in [4.69, 9.17) is 28.9 Å². The van der Waals surface area contributed by atoms with Crippen LogP contribution in [0.15, 0.2) is 52.8 Å². The van der Waals surface area contributed by atoms with E-state index in [1.54, 1.807) is 50.2 Å². The van der Waals surface area contributed by atoms with E-state index in [1.165, 1.54) is 20.4 Å². The van der Waals surface area contributed by atoms with Gasteiger partial charge in [0.05, 0.1) is 38.7 Å². The lowest BCUT2D eigenvalue weighted by molar-refractivity contribution is -0.136. The van der Waals surface area contributed by atoms with Gasteiger partial charge in [-0.1, -0.05) is 12.1 Å². The van der Waals surface area contributed by atoms with Crippen molar-refractivity contribution in [3.63, 3.8) is 0 Å². The molecular weight excluding hydrogens is 522 g/mol. The van der Waals surface area contributed by atoms with Gasteiger partial charge in [-0.15, -0.1) is 0 Å². The number of carbonyl (C=O) groups excluding carboxylic acids is 2. The number of rotatable bonds is 13. The van der Waals surface area contributed by atoms with Crippen molar-refractivity contribution in [2.75, 3.05) is 34.0 Å². The van der Waals surface area contributed by atoms with Crippen LogP contribution >= 0.6 is 0 Å². The van der Waals surface area contributed by atoms with Gasteiger partial charge in [-0.2, -0.15) is 10.4 Å². The molecule has 0 saturated carbocycles. The number of nitriles is 1. The van der Waals surface area contributed by atoms with Gasteiger partial charge in [0, 0.05) is 11.3 Å². The highest BCUT2D eigenvalue weighted by atomic mass is 16.5. The van der Waals surface area contributed by atoms with Crippen molar-refractivity contribution in [1.82, 2.24) is 16.1 Å². The van der Waals surface area contributed by atoms with E-state index in [0.29, 0.717) is 46.4 Å². The molecule has 0 fully saturated rings. The van der Waals surface area contributed by atoms with E-state index < -0.39 is 24.3 Å². The number of hydrazone groups is 1. The van der Waals surface area contributed by atoms with Crippen molar-refractivity contribution < 1.29 is 38.4 Å². The normalized spacial score (nSPS) is 15.4. The molecule has 0 aliphatic carbocycles.